The van der Waals surface area contributed by atoms with Crippen LogP contribution in [0.5, 0.6) is 0 Å². The van der Waals surface area contributed by atoms with Crippen LogP contribution in [-0.2, 0) is 43.2 Å². The molecule has 8 rings (SSSR count). The van der Waals surface area contributed by atoms with Crippen LogP contribution < -0.4 is 47.9 Å². The second-order valence-corrected chi connectivity index (χ2v) is 26.5. The van der Waals surface area contributed by atoms with Crippen LogP contribution in [-0.4, -0.2) is 167 Å². The van der Waals surface area contributed by atoms with E-state index in [1.54, 1.807) is 42.6 Å². The Balaban J connectivity index is 0.792. The molecule has 498 valence electrons. The molecule has 2 aromatic heterocycles. The van der Waals surface area contributed by atoms with Gasteiger partial charge in [-0.1, -0.05) is 97.2 Å². The van der Waals surface area contributed by atoms with Crippen LogP contribution in [0.4, 0.5) is 25.1 Å². The lowest BCUT2D eigenvalue weighted by Crippen LogP contribution is -2.59. The number of carbonyl (C=O) groups is 10. The number of urea groups is 1. The molecule has 0 unspecified atom stereocenters. The second kappa shape index (κ2) is 34.3. The quantitative estimate of drug-likeness (QED) is 0.0240. The first kappa shape index (κ1) is 70.2. The van der Waals surface area contributed by atoms with Crippen molar-refractivity contribution in [1.82, 2.24) is 51.3 Å². The van der Waals surface area contributed by atoms with Gasteiger partial charge in [-0.15, -0.1) is 0 Å². The number of unbranched alkanes of at least 4 members (excludes halogenated alkanes) is 1. The summed E-state index contributed by atoms with van der Waals surface area (Å²) in [6.45, 7) is 9.44. The summed E-state index contributed by atoms with van der Waals surface area (Å²) in [6.07, 6.45) is 8.32. The van der Waals surface area contributed by atoms with Gasteiger partial charge in [-0.3, -0.25) is 43.2 Å². The van der Waals surface area contributed by atoms with Crippen LogP contribution in [0.15, 0.2) is 60.7 Å². The van der Waals surface area contributed by atoms with Gasteiger partial charge in [0.05, 0.1) is 12.1 Å². The van der Waals surface area contributed by atoms with E-state index in [1.165, 1.54) is 0 Å². The zero-order chi connectivity index (χ0) is 65.8. The highest BCUT2D eigenvalue weighted by Gasteiger charge is 2.45. The Kier molecular flexibility index (Phi) is 26.2. The SMILES string of the molecule is CCCC(=O)Nc1nc(-c2ccccc2)c(NC(=O)[C@@H]2CCCN2C(=O)[C@@H](CC(=O)[C@H](C)NC)C2CCC(C(=O)NCCCCNC(=O)N3CCC([C@H](NC(=O)[C@H](C)NC)C(=O)N4CCC[C@H]4C(=O)Nc4sc(NC(=O)CCC)nc4-c4ccccc4)CC3)CC2)s1. The number of aromatic nitrogens is 2. The zero-order valence-electron chi connectivity index (χ0n) is 53.9. The normalized spacial score (nSPS) is 19.7. The number of piperidine rings is 1. The van der Waals surface area contributed by atoms with Crippen molar-refractivity contribution < 1.29 is 47.9 Å². The van der Waals surface area contributed by atoms with Gasteiger partial charge in [0.15, 0.2) is 10.3 Å². The van der Waals surface area contributed by atoms with E-state index in [-0.39, 0.29) is 77.3 Å². The number of benzene rings is 2. The topological polar surface area (TPSA) is 314 Å². The van der Waals surface area contributed by atoms with Gasteiger partial charge in [0.1, 0.15) is 45.3 Å². The van der Waals surface area contributed by atoms with Crippen LogP contribution in [0.2, 0.25) is 0 Å². The molecular formula is C66H92N14O10S2. The van der Waals surface area contributed by atoms with Crippen LogP contribution in [0.1, 0.15) is 137 Å². The minimum Gasteiger partial charge on any atom is -0.356 e. The molecule has 5 heterocycles. The number of anilines is 4. The van der Waals surface area contributed by atoms with E-state index in [1.807, 2.05) is 74.5 Å². The standard InChI is InChI=1S/C66H92N14O10S2/c1-7-19-51(82)71-64-74-53(43-21-11-9-12-22-43)60(91-64)76-58(86)48-25-17-35-79(48)62(88)47(39-50(81)40(3)67-5)42-27-29-46(30-28-42)57(85)69-33-15-16-34-70-66(90)78-37-31-45(32-38-78)55(73-56(84)41(4)68-6)63(89)80-36-18-26-49(80)59(87)77-61-54(44-23-13-10-14-24-44)75-65(92-61)72-52(83)20-8-2/h9-14,21-24,40-42,45-49,55,67-68H,7-8,15-20,25-39H2,1-6H3,(H,69,85)(H,70,90)(H,73,84)(H,76,86)(H,77,87)(H,71,74,82)(H,72,75,83)/t40-,41-,42?,46?,47-,48-,49-,55-/m0/s1. The predicted molar refractivity (Wildman–Crippen MR) is 356 cm³/mol. The van der Waals surface area contributed by atoms with Crippen molar-refractivity contribution in [3.05, 3.63) is 60.7 Å². The lowest BCUT2D eigenvalue weighted by molar-refractivity contribution is -0.144. The summed E-state index contributed by atoms with van der Waals surface area (Å²) in [5.74, 6) is -3.69. The number of rotatable bonds is 29. The van der Waals surface area contributed by atoms with E-state index in [0.717, 1.165) is 33.8 Å². The number of nitrogens with one attached hydrogen (secondary N) is 9. The van der Waals surface area contributed by atoms with Gasteiger partial charge in [0.2, 0.25) is 47.3 Å². The van der Waals surface area contributed by atoms with E-state index in [4.69, 9.17) is 0 Å². The third-order valence-corrected chi connectivity index (χ3v) is 20.0. The molecule has 3 saturated heterocycles. The number of amides is 10. The molecular weight excluding hydrogens is 1210 g/mol. The van der Waals surface area contributed by atoms with E-state index in [2.05, 4.69) is 57.8 Å². The monoisotopic (exact) mass is 1300 g/mol. The van der Waals surface area contributed by atoms with Crippen LogP contribution >= 0.6 is 22.7 Å². The third-order valence-electron chi connectivity index (χ3n) is 18.2. The summed E-state index contributed by atoms with van der Waals surface area (Å²) in [6, 6.07) is 14.8. The molecule has 26 heteroatoms. The molecule has 0 spiro atoms. The Labute approximate surface area is 547 Å². The number of likely N-dealkylation sites (N-methyl/N-ethyl adjacent to an activating group) is 2. The number of Topliss-reactive ketones (excluding diaryl/α,β-unsaturated/α-hetero) is 1. The van der Waals surface area contributed by atoms with E-state index < -0.39 is 42.0 Å². The molecule has 4 aliphatic rings. The Morgan fingerprint density at radius 3 is 1.53 bits per heavy atom. The summed E-state index contributed by atoms with van der Waals surface area (Å²) < 4.78 is 0. The highest BCUT2D eigenvalue weighted by Crippen LogP contribution is 2.41. The molecule has 4 aromatic rings. The lowest BCUT2D eigenvalue weighted by atomic mass is 9.73. The van der Waals surface area contributed by atoms with Crippen molar-refractivity contribution >= 4 is 102 Å². The predicted octanol–water partition coefficient (Wildman–Crippen LogP) is 7.37. The van der Waals surface area contributed by atoms with Crippen molar-refractivity contribution in [2.24, 2.45) is 23.7 Å². The molecule has 1 saturated carbocycles. The van der Waals surface area contributed by atoms with Crippen molar-refractivity contribution in [2.45, 2.75) is 167 Å². The highest BCUT2D eigenvalue weighted by atomic mass is 32.1. The Morgan fingerprint density at radius 1 is 0.554 bits per heavy atom. The minimum atomic E-state index is -0.945. The average Bonchev–Trinajstić information content (AvgIpc) is 1.91. The maximum absolute atomic E-state index is 14.8. The highest BCUT2D eigenvalue weighted by molar-refractivity contribution is 7.20. The van der Waals surface area contributed by atoms with E-state index >= 15 is 0 Å². The number of thiazole rings is 2. The number of nitrogens with zero attached hydrogens (tertiary/aromatic N) is 5. The second-order valence-electron chi connectivity index (χ2n) is 24.5. The fourth-order valence-electron chi connectivity index (χ4n) is 12.6. The summed E-state index contributed by atoms with van der Waals surface area (Å²) in [7, 11) is 3.36. The summed E-state index contributed by atoms with van der Waals surface area (Å²) in [4.78, 5) is 151. The van der Waals surface area contributed by atoms with Gasteiger partial charge in [-0.05, 0) is 130 Å². The molecule has 4 fully saturated rings. The summed E-state index contributed by atoms with van der Waals surface area (Å²) >= 11 is 2.31. The summed E-state index contributed by atoms with van der Waals surface area (Å²) in [5, 5.41) is 28.4. The van der Waals surface area contributed by atoms with E-state index in [9.17, 15) is 47.9 Å². The number of likely N-dealkylation sites (tertiary alicyclic amines) is 3. The van der Waals surface area contributed by atoms with Gasteiger partial charge in [-0.2, -0.15) is 0 Å². The Hall–Kier alpha value is -7.68. The zero-order valence-corrected chi connectivity index (χ0v) is 55.5. The van der Waals surface area contributed by atoms with Crippen LogP contribution in [0, 0.1) is 23.7 Å². The van der Waals surface area contributed by atoms with Gasteiger partial charge in [-0.25, -0.2) is 14.8 Å². The van der Waals surface area contributed by atoms with Crippen LogP contribution in [0.25, 0.3) is 22.5 Å². The van der Waals surface area contributed by atoms with Gasteiger partial charge < -0.3 is 62.6 Å². The molecule has 10 amide bonds. The fraction of sp³-hybridized carbons (Fsp3) is 0.576. The number of hydrogen-bond acceptors (Lipinski definition) is 16. The molecule has 1 aliphatic carbocycles. The minimum absolute atomic E-state index is 0.00829. The largest absolute Gasteiger partial charge is 0.356 e. The summed E-state index contributed by atoms with van der Waals surface area (Å²) in [5.41, 5.74) is 2.51. The molecule has 2 aromatic carbocycles. The van der Waals surface area contributed by atoms with Gasteiger partial charge >= 0.3 is 6.03 Å². The first-order valence-electron chi connectivity index (χ1n) is 32.8. The molecule has 6 atom stereocenters. The van der Waals surface area contributed by atoms with Crippen molar-refractivity contribution in [2.75, 3.05) is 74.6 Å². The van der Waals surface area contributed by atoms with E-state index in [0.29, 0.717) is 174 Å². The van der Waals surface area contributed by atoms with Crippen molar-refractivity contribution in [3.63, 3.8) is 0 Å². The molecule has 0 radical (unpaired) electrons. The number of carbonyl (C=O) groups excluding carboxylic acids is 10. The molecule has 9 N–H and O–H groups in total. The fourth-order valence-corrected chi connectivity index (χ4v) is 14.5. The van der Waals surface area contributed by atoms with Crippen molar-refractivity contribution in [3.8, 4) is 22.5 Å². The molecule has 92 heavy (non-hydrogen) atoms. The molecule has 0 bridgehead atoms. The number of hydrogen-bond donors (Lipinski definition) is 9. The van der Waals surface area contributed by atoms with Crippen LogP contribution in [0.3, 0.4) is 0 Å². The third kappa shape index (κ3) is 18.5. The first-order chi connectivity index (χ1) is 44.4. The molecule has 3 aliphatic heterocycles. The Bertz CT molecular complexity index is 2990. The first-order valence-corrected chi connectivity index (χ1v) is 34.5. The number of ketones is 1. The maximum atomic E-state index is 14.8. The Morgan fingerprint density at radius 2 is 1.04 bits per heavy atom. The van der Waals surface area contributed by atoms with Gasteiger partial charge in [0.25, 0.3) is 0 Å². The maximum Gasteiger partial charge on any atom is 0.317 e. The van der Waals surface area contributed by atoms with Gasteiger partial charge in [0, 0.05) is 81.5 Å². The average molecular weight is 1310 g/mol. The lowest BCUT2D eigenvalue weighted by Gasteiger charge is -2.38. The molecule has 24 nitrogen and oxygen atoms in total. The van der Waals surface area contributed by atoms with Crippen molar-refractivity contribution in [1.29, 1.82) is 0 Å². The smallest absolute Gasteiger partial charge is 0.317 e.